The third-order valence-corrected chi connectivity index (χ3v) is 4.40. The fraction of sp³-hybridized carbons (Fsp3) is 0.533. The van der Waals surface area contributed by atoms with Crippen molar-refractivity contribution in [2.45, 2.75) is 25.5 Å². The van der Waals surface area contributed by atoms with Crippen molar-refractivity contribution in [3.8, 4) is 0 Å². The predicted octanol–water partition coefficient (Wildman–Crippen LogP) is 2.01. The number of non-ortho nitro benzene ring substituents is 1. The van der Waals surface area contributed by atoms with Crippen LogP contribution in [0.4, 0.5) is 10.5 Å². The molecule has 1 amide bonds. The van der Waals surface area contributed by atoms with Gasteiger partial charge in [-0.05, 0) is 30.5 Å². The first-order valence-corrected chi connectivity index (χ1v) is 7.52. The van der Waals surface area contributed by atoms with Crippen LogP contribution < -0.4 is 0 Å². The third-order valence-electron chi connectivity index (χ3n) is 4.40. The molecule has 3 heterocycles. The zero-order chi connectivity index (χ0) is 15.5. The summed E-state index contributed by atoms with van der Waals surface area (Å²) in [5, 5.41) is 10.6. The molecule has 0 atom stereocenters. The summed E-state index contributed by atoms with van der Waals surface area (Å²) in [5.41, 5.74) is 0.787. The van der Waals surface area contributed by atoms with Gasteiger partial charge in [-0.3, -0.25) is 10.1 Å². The van der Waals surface area contributed by atoms with E-state index in [0.29, 0.717) is 6.54 Å². The Morgan fingerprint density at radius 2 is 1.86 bits per heavy atom. The molecule has 0 saturated carbocycles. The Hall–Kier alpha value is -2.15. The topological polar surface area (TPSA) is 75.9 Å². The second kappa shape index (κ2) is 6.31. The molecule has 4 rings (SSSR count). The van der Waals surface area contributed by atoms with Gasteiger partial charge in [-0.2, -0.15) is 0 Å². The van der Waals surface area contributed by atoms with E-state index in [1.165, 1.54) is 12.1 Å². The highest BCUT2D eigenvalue weighted by Crippen LogP contribution is 2.22. The molecule has 0 spiro atoms. The standard InChI is InChI=1S/C15H19N3O4/c19-15(17-10-9-16-7-5-13(17)6-8-16)22-11-12-1-3-14(4-2-12)18(20)21/h1-4,13H,5-11H2. The second-order valence-electron chi connectivity index (χ2n) is 5.74. The van der Waals surface area contributed by atoms with E-state index in [-0.39, 0.29) is 24.4 Å². The van der Waals surface area contributed by atoms with Crippen LogP contribution in [0, 0.1) is 10.1 Å². The molecule has 3 aliphatic heterocycles. The SMILES string of the molecule is O=C(OCc1ccc([N+](=O)[O-])cc1)N1CCN2CCC1CC2. The largest absolute Gasteiger partial charge is 0.445 e. The first-order valence-electron chi connectivity index (χ1n) is 7.52. The van der Waals surface area contributed by atoms with Gasteiger partial charge >= 0.3 is 6.09 Å². The highest BCUT2D eigenvalue weighted by atomic mass is 16.6. The highest BCUT2D eigenvalue weighted by molar-refractivity contribution is 5.68. The number of hydrogen-bond donors (Lipinski definition) is 0. The van der Waals surface area contributed by atoms with Crippen molar-refractivity contribution in [3.05, 3.63) is 39.9 Å². The van der Waals surface area contributed by atoms with Gasteiger partial charge in [-0.25, -0.2) is 4.79 Å². The van der Waals surface area contributed by atoms with Crippen LogP contribution in [-0.2, 0) is 11.3 Å². The van der Waals surface area contributed by atoms with E-state index >= 15 is 0 Å². The molecule has 22 heavy (non-hydrogen) atoms. The van der Waals surface area contributed by atoms with Crippen LogP contribution in [0.25, 0.3) is 0 Å². The fourth-order valence-corrected chi connectivity index (χ4v) is 3.07. The number of nitrogens with zero attached hydrogens (tertiary/aromatic N) is 3. The number of rotatable bonds is 3. The van der Waals surface area contributed by atoms with Gasteiger partial charge in [-0.1, -0.05) is 0 Å². The van der Waals surface area contributed by atoms with Crippen molar-refractivity contribution < 1.29 is 14.5 Å². The summed E-state index contributed by atoms with van der Waals surface area (Å²) in [6, 6.07) is 6.35. The number of carbonyl (C=O) groups excluding carboxylic acids is 1. The monoisotopic (exact) mass is 305 g/mol. The number of carbonyl (C=O) groups is 1. The van der Waals surface area contributed by atoms with Crippen LogP contribution in [0.1, 0.15) is 18.4 Å². The van der Waals surface area contributed by atoms with Crippen molar-refractivity contribution in [1.82, 2.24) is 9.80 Å². The van der Waals surface area contributed by atoms with E-state index < -0.39 is 4.92 Å². The van der Waals surface area contributed by atoms with Gasteiger partial charge in [0.2, 0.25) is 0 Å². The molecule has 3 saturated heterocycles. The Morgan fingerprint density at radius 3 is 2.50 bits per heavy atom. The lowest BCUT2D eigenvalue weighted by atomic mass is 10.1. The minimum absolute atomic E-state index is 0.0358. The molecule has 2 bridgehead atoms. The Bertz CT molecular complexity index is 552. The first kappa shape index (κ1) is 14.8. The van der Waals surface area contributed by atoms with E-state index in [1.54, 1.807) is 12.1 Å². The molecule has 0 N–H and O–H groups in total. The van der Waals surface area contributed by atoms with E-state index in [4.69, 9.17) is 4.74 Å². The van der Waals surface area contributed by atoms with Crippen LogP contribution in [0.3, 0.4) is 0 Å². The Morgan fingerprint density at radius 1 is 1.18 bits per heavy atom. The van der Waals surface area contributed by atoms with Crippen molar-refractivity contribution in [1.29, 1.82) is 0 Å². The average Bonchev–Trinajstić information content (AvgIpc) is 2.87. The minimum Gasteiger partial charge on any atom is -0.445 e. The maximum absolute atomic E-state index is 12.3. The van der Waals surface area contributed by atoms with E-state index in [0.717, 1.165) is 38.0 Å². The maximum Gasteiger partial charge on any atom is 0.410 e. The molecule has 7 nitrogen and oxygen atoms in total. The summed E-state index contributed by atoms with van der Waals surface area (Å²) in [6.45, 7) is 3.87. The number of nitro groups is 1. The van der Waals surface area contributed by atoms with Gasteiger partial charge in [0.25, 0.3) is 5.69 Å². The summed E-state index contributed by atoms with van der Waals surface area (Å²) in [6.07, 6.45) is 1.73. The smallest absolute Gasteiger partial charge is 0.410 e. The molecule has 1 aromatic carbocycles. The fourth-order valence-electron chi connectivity index (χ4n) is 3.07. The molecule has 3 fully saturated rings. The average molecular weight is 305 g/mol. The first-order chi connectivity index (χ1) is 10.6. The normalized spacial score (nSPS) is 23.9. The Labute approximate surface area is 128 Å². The van der Waals surface area contributed by atoms with Crippen LogP contribution >= 0.6 is 0 Å². The molecule has 1 aromatic rings. The van der Waals surface area contributed by atoms with E-state index in [2.05, 4.69) is 4.90 Å². The van der Waals surface area contributed by atoms with Gasteiger partial charge in [-0.15, -0.1) is 0 Å². The van der Waals surface area contributed by atoms with Crippen molar-refractivity contribution in [2.75, 3.05) is 26.2 Å². The zero-order valence-electron chi connectivity index (χ0n) is 12.3. The van der Waals surface area contributed by atoms with Gasteiger partial charge < -0.3 is 14.5 Å². The maximum atomic E-state index is 12.3. The van der Waals surface area contributed by atoms with Crippen molar-refractivity contribution in [3.63, 3.8) is 0 Å². The van der Waals surface area contributed by atoms with Crippen LogP contribution in [0.5, 0.6) is 0 Å². The molecule has 3 aliphatic rings. The Balaban J connectivity index is 1.56. The lowest BCUT2D eigenvalue weighted by molar-refractivity contribution is -0.384. The summed E-state index contributed by atoms with van der Waals surface area (Å²) >= 11 is 0. The summed E-state index contributed by atoms with van der Waals surface area (Å²) < 4.78 is 5.37. The molecule has 0 aliphatic carbocycles. The molecule has 118 valence electrons. The summed E-state index contributed by atoms with van der Waals surface area (Å²) in [7, 11) is 0. The van der Waals surface area contributed by atoms with Crippen LogP contribution in [0.15, 0.2) is 24.3 Å². The van der Waals surface area contributed by atoms with Crippen molar-refractivity contribution >= 4 is 11.8 Å². The van der Waals surface area contributed by atoms with Crippen LogP contribution in [0.2, 0.25) is 0 Å². The number of piperidine rings is 1. The lowest BCUT2D eigenvalue weighted by Crippen LogP contribution is -2.41. The number of amides is 1. The van der Waals surface area contributed by atoms with Crippen molar-refractivity contribution in [2.24, 2.45) is 0 Å². The number of ether oxygens (including phenoxy) is 1. The zero-order valence-corrected chi connectivity index (χ0v) is 12.3. The molecular formula is C15H19N3O4. The number of benzene rings is 1. The Kier molecular flexibility index (Phi) is 4.24. The number of fused-ring (bicyclic) bond motifs is 4. The lowest BCUT2D eigenvalue weighted by Gasteiger charge is -2.30. The van der Waals surface area contributed by atoms with E-state index in [9.17, 15) is 14.9 Å². The molecule has 0 unspecified atom stereocenters. The summed E-state index contributed by atoms with van der Waals surface area (Å²) in [5.74, 6) is 0. The van der Waals surface area contributed by atoms with Gasteiger partial charge in [0.1, 0.15) is 6.61 Å². The van der Waals surface area contributed by atoms with E-state index in [1.807, 2.05) is 4.90 Å². The molecular weight excluding hydrogens is 286 g/mol. The second-order valence-corrected chi connectivity index (χ2v) is 5.74. The molecule has 7 heteroatoms. The highest BCUT2D eigenvalue weighted by Gasteiger charge is 2.32. The number of hydrogen-bond acceptors (Lipinski definition) is 5. The summed E-state index contributed by atoms with van der Waals surface area (Å²) in [4.78, 5) is 26.6. The van der Waals surface area contributed by atoms with Gasteiger partial charge in [0.15, 0.2) is 0 Å². The third kappa shape index (κ3) is 3.19. The van der Waals surface area contributed by atoms with Crippen LogP contribution in [-0.4, -0.2) is 53.0 Å². The predicted molar refractivity (Wildman–Crippen MR) is 79.4 cm³/mol. The van der Waals surface area contributed by atoms with Gasteiger partial charge in [0, 0.05) is 44.4 Å². The quantitative estimate of drug-likeness (QED) is 0.630. The molecule has 0 aromatic heterocycles. The molecule has 0 radical (unpaired) electrons. The minimum atomic E-state index is -0.446. The number of nitro benzene ring substituents is 1. The van der Waals surface area contributed by atoms with Gasteiger partial charge in [0.05, 0.1) is 4.92 Å².